The van der Waals surface area contributed by atoms with Gasteiger partial charge < -0.3 is 10.6 Å². The molecule has 0 radical (unpaired) electrons. The predicted molar refractivity (Wildman–Crippen MR) is 79.4 cm³/mol. The molecule has 0 aromatic carbocycles. The van der Waals surface area contributed by atoms with Crippen molar-refractivity contribution >= 4 is 11.5 Å². The average molecular weight is 260 g/mol. The molecule has 2 fully saturated rings. The Kier molecular flexibility index (Phi) is 3.60. The lowest BCUT2D eigenvalue weighted by Crippen LogP contribution is -2.50. The normalized spacial score (nSPS) is 22.1. The largest absolute Gasteiger partial charge is 0.396 e. The SMILES string of the molecule is Cc1cnc(N2CCN(C3CCCC3)CC2)c(N)c1. The van der Waals surface area contributed by atoms with Crippen LogP contribution in [0.25, 0.3) is 0 Å². The van der Waals surface area contributed by atoms with Crippen LogP contribution >= 0.6 is 0 Å². The summed E-state index contributed by atoms with van der Waals surface area (Å²) in [5.74, 6) is 0.969. The summed E-state index contributed by atoms with van der Waals surface area (Å²) in [4.78, 5) is 9.50. The first kappa shape index (κ1) is 12.7. The first-order valence-electron chi connectivity index (χ1n) is 7.45. The van der Waals surface area contributed by atoms with Crippen molar-refractivity contribution in [3.8, 4) is 0 Å². The second-order valence-electron chi connectivity index (χ2n) is 5.89. The molecule has 2 heterocycles. The van der Waals surface area contributed by atoms with E-state index in [9.17, 15) is 0 Å². The monoisotopic (exact) mass is 260 g/mol. The van der Waals surface area contributed by atoms with Crippen LogP contribution < -0.4 is 10.6 Å². The number of nitrogen functional groups attached to an aromatic ring is 1. The molecule has 1 aliphatic heterocycles. The van der Waals surface area contributed by atoms with Gasteiger partial charge >= 0.3 is 0 Å². The van der Waals surface area contributed by atoms with Crippen molar-refractivity contribution in [1.29, 1.82) is 0 Å². The summed E-state index contributed by atoms with van der Waals surface area (Å²) in [6.07, 6.45) is 7.53. The third-order valence-electron chi connectivity index (χ3n) is 4.49. The minimum absolute atomic E-state index is 0.814. The maximum atomic E-state index is 6.09. The van der Waals surface area contributed by atoms with Gasteiger partial charge in [-0.3, -0.25) is 4.90 Å². The molecule has 0 unspecified atom stereocenters. The van der Waals surface area contributed by atoms with Gasteiger partial charge in [-0.2, -0.15) is 0 Å². The number of aryl methyl sites for hydroxylation is 1. The lowest BCUT2D eigenvalue weighted by Gasteiger charge is -2.38. The van der Waals surface area contributed by atoms with Crippen molar-refractivity contribution < 1.29 is 0 Å². The molecular formula is C15H24N4. The van der Waals surface area contributed by atoms with E-state index in [2.05, 4.69) is 14.8 Å². The lowest BCUT2D eigenvalue weighted by molar-refractivity contribution is 0.187. The van der Waals surface area contributed by atoms with E-state index < -0.39 is 0 Å². The van der Waals surface area contributed by atoms with E-state index in [-0.39, 0.29) is 0 Å². The zero-order valence-electron chi connectivity index (χ0n) is 11.8. The fourth-order valence-electron chi connectivity index (χ4n) is 3.42. The van der Waals surface area contributed by atoms with Gasteiger partial charge in [-0.05, 0) is 31.4 Å². The number of hydrogen-bond donors (Lipinski definition) is 1. The van der Waals surface area contributed by atoms with E-state index in [1.54, 1.807) is 0 Å². The number of aromatic nitrogens is 1. The number of hydrogen-bond acceptors (Lipinski definition) is 4. The Morgan fingerprint density at radius 3 is 2.47 bits per heavy atom. The molecule has 0 spiro atoms. The molecule has 1 aromatic rings. The first-order chi connectivity index (χ1) is 9.24. The Morgan fingerprint density at radius 1 is 1.16 bits per heavy atom. The number of pyridine rings is 1. The van der Waals surface area contributed by atoms with Gasteiger partial charge in [-0.15, -0.1) is 0 Å². The molecule has 1 saturated heterocycles. The highest BCUT2D eigenvalue weighted by Gasteiger charge is 2.26. The second kappa shape index (κ2) is 5.37. The second-order valence-corrected chi connectivity index (χ2v) is 5.89. The molecule has 4 heteroatoms. The topological polar surface area (TPSA) is 45.4 Å². The van der Waals surface area contributed by atoms with Crippen LogP contribution in [0.3, 0.4) is 0 Å². The molecule has 1 saturated carbocycles. The summed E-state index contributed by atoms with van der Waals surface area (Å²) < 4.78 is 0. The highest BCUT2D eigenvalue weighted by atomic mass is 15.3. The number of piperazine rings is 1. The quantitative estimate of drug-likeness (QED) is 0.884. The van der Waals surface area contributed by atoms with Crippen LogP contribution in [0.1, 0.15) is 31.2 Å². The number of rotatable bonds is 2. The smallest absolute Gasteiger partial charge is 0.151 e. The minimum Gasteiger partial charge on any atom is -0.396 e. The van der Waals surface area contributed by atoms with E-state index in [1.165, 1.54) is 25.7 Å². The summed E-state index contributed by atoms with van der Waals surface area (Å²) >= 11 is 0. The third kappa shape index (κ3) is 2.68. The van der Waals surface area contributed by atoms with Crippen molar-refractivity contribution in [2.75, 3.05) is 36.8 Å². The summed E-state index contributed by atoms with van der Waals surface area (Å²) in [5.41, 5.74) is 8.04. The van der Waals surface area contributed by atoms with Gasteiger partial charge in [-0.25, -0.2) is 4.98 Å². The van der Waals surface area contributed by atoms with Gasteiger partial charge in [0.25, 0.3) is 0 Å². The van der Waals surface area contributed by atoms with Crippen LogP contribution in [-0.2, 0) is 0 Å². The molecule has 2 aliphatic rings. The van der Waals surface area contributed by atoms with Crippen molar-refractivity contribution in [3.05, 3.63) is 17.8 Å². The van der Waals surface area contributed by atoms with Crippen LogP contribution in [0.5, 0.6) is 0 Å². The minimum atomic E-state index is 0.814. The molecule has 0 atom stereocenters. The summed E-state index contributed by atoms with van der Waals surface area (Å²) in [6, 6.07) is 2.86. The van der Waals surface area contributed by atoms with E-state index in [0.29, 0.717) is 0 Å². The van der Waals surface area contributed by atoms with Gasteiger partial charge in [0.2, 0.25) is 0 Å². The Labute approximate surface area is 115 Å². The van der Waals surface area contributed by atoms with Gasteiger partial charge in [0.1, 0.15) is 0 Å². The first-order valence-corrected chi connectivity index (χ1v) is 7.45. The molecule has 0 amide bonds. The third-order valence-corrected chi connectivity index (χ3v) is 4.49. The summed E-state index contributed by atoms with van der Waals surface area (Å²) in [7, 11) is 0. The molecule has 0 bridgehead atoms. The number of anilines is 2. The van der Waals surface area contributed by atoms with Crippen LogP contribution in [0.2, 0.25) is 0 Å². The maximum Gasteiger partial charge on any atom is 0.151 e. The zero-order chi connectivity index (χ0) is 13.2. The van der Waals surface area contributed by atoms with Crippen molar-refractivity contribution in [2.24, 2.45) is 0 Å². The standard InChI is InChI=1S/C15H24N4/c1-12-10-14(16)15(17-11-12)19-8-6-18(7-9-19)13-4-2-3-5-13/h10-11,13H,2-9,16H2,1H3. The zero-order valence-corrected chi connectivity index (χ0v) is 11.8. The van der Waals surface area contributed by atoms with E-state index >= 15 is 0 Å². The number of nitrogens with two attached hydrogens (primary N) is 1. The molecule has 1 aliphatic carbocycles. The van der Waals surface area contributed by atoms with Crippen LogP contribution in [0, 0.1) is 6.92 Å². The molecular weight excluding hydrogens is 236 g/mol. The van der Waals surface area contributed by atoms with Gasteiger partial charge in [-0.1, -0.05) is 12.8 Å². The molecule has 3 rings (SSSR count). The van der Waals surface area contributed by atoms with Crippen molar-refractivity contribution in [3.63, 3.8) is 0 Å². The Bertz CT molecular complexity index is 432. The molecule has 2 N–H and O–H groups in total. The van der Waals surface area contributed by atoms with Crippen molar-refractivity contribution in [1.82, 2.24) is 9.88 Å². The molecule has 1 aromatic heterocycles. The fraction of sp³-hybridized carbons (Fsp3) is 0.667. The van der Waals surface area contributed by atoms with Crippen molar-refractivity contribution in [2.45, 2.75) is 38.6 Å². The molecule has 4 nitrogen and oxygen atoms in total. The van der Waals surface area contributed by atoms with E-state index in [4.69, 9.17) is 5.73 Å². The fourth-order valence-corrected chi connectivity index (χ4v) is 3.42. The van der Waals surface area contributed by atoms with Gasteiger partial charge in [0.05, 0.1) is 5.69 Å². The van der Waals surface area contributed by atoms with Gasteiger partial charge in [0, 0.05) is 38.4 Å². The van der Waals surface area contributed by atoms with E-state index in [1.807, 2.05) is 19.2 Å². The molecule has 104 valence electrons. The Morgan fingerprint density at radius 2 is 1.84 bits per heavy atom. The highest BCUT2D eigenvalue weighted by Crippen LogP contribution is 2.27. The van der Waals surface area contributed by atoms with Crippen LogP contribution in [0.4, 0.5) is 11.5 Å². The molecule has 19 heavy (non-hydrogen) atoms. The van der Waals surface area contributed by atoms with E-state index in [0.717, 1.165) is 49.3 Å². The highest BCUT2D eigenvalue weighted by molar-refractivity contribution is 5.63. The average Bonchev–Trinajstić information content (AvgIpc) is 2.93. The Hall–Kier alpha value is -1.29. The Balaban J connectivity index is 1.63. The summed E-state index contributed by atoms with van der Waals surface area (Å²) in [6.45, 7) is 6.44. The van der Waals surface area contributed by atoms with Crippen LogP contribution in [-0.4, -0.2) is 42.1 Å². The predicted octanol–water partition coefficient (Wildman–Crippen LogP) is 2.04. The lowest BCUT2D eigenvalue weighted by atomic mass is 10.1. The summed E-state index contributed by atoms with van der Waals surface area (Å²) in [5, 5.41) is 0. The number of nitrogens with zero attached hydrogens (tertiary/aromatic N) is 3. The van der Waals surface area contributed by atoms with Crippen LogP contribution in [0.15, 0.2) is 12.3 Å². The van der Waals surface area contributed by atoms with Gasteiger partial charge in [0.15, 0.2) is 5.82 Å². The maximum absolute atomic E-state index is 6.09.